The van der Waals surface area contributed by atoms with Crippen LogP contribution in [0.2, 0.25) is 0 Å². The average Bonchev–Trinajstić information content (AvgIpc) is 3.22. The summed E-state index contributed by atoms with van der Waals surface area (Å²) in [5, 5.41) is 2.94. The van der Waals surface area contributed by atoms with E-state index < -0.39 is 6.04 Å². The Bertz CT molecular complexity index is 540. The summed E-state index contributed by atoms with van der Waals surface area (Å²) in [7, 11) is 3.48. The second-order valence-corrected chi connectivity index (χ2v) is 9.83. The van der Waals surface area contributed by atoms with Crippen LogP contribution in [0.5, 0.6) is 0 Å². The predicted octanol–water partition coefficient (Wildman–Crippen LogP) is 1.61. The van der Waals surface area contributed by atoms with Gasteiger partial charge in [-0.25, -0.2) is 4.79 Å². The van der Waals surface area contributed by atoms with Gasteiger partial charge in [-0.15, -0.1) is 0 Å². The van der Waals surface area contributed by atoms with Crippen molar-refractivity contribution in [2.24, 2.45) is 5.73 Å². The molecule has 1 heterocycles. The number of likely N-dealkylation sites (tertiary alicyclic amines) is 1. The summed E-state index contributed by atoms with van der Waals surface area (Å²) in [4.78, 5) is 29.6. The molecule has 1 rings (SSSR count). The van der Waals surface area contributed by atoms with Crippen molar-refractivity contribution < 1.29 is 14.3 Å². The number of carbonyl (C=O) groups is 2. The van der Waals surface area contributed by atoms with E-state index in [2.05, 4.69) is 48.6 Å². The van der Waals surface area contributed by atoms with Crippen LogP contribution in [0.15, 0.2) is 0 Å². The van der Waals surface area contributed by atoms with E-state index in [1.807, 2.05) is 6.26 Å². The highest BCUT2D eigenvalue weighted by Gasteiger charge is 2.35. The van der Waals surface area contributed by atoms with Crippen LogP contribution in [0.3, 0.4) is 0 Å². The molecule has 7 nitrogen and oxygen atoms in total. The van der Waals surface area contributed by atoms with Gasteiger partial charge in [0.15, 0.2) is 0 Å². The van der Waals surface area contributed by atoms with E-state index in [1.165, 1.54) is 7.11 Å². The fourth-order valence-corrected chi connectivity index (χ4v) is 4.52. The first kappa shape index (κ1) is 27.6. The van der Waals surface area contributed by atoms with E-state index in [4.69, 9.17) is 10.5 Å². The van der Waals surface area contributed by atoms with E-state index >= 15 is 0 Å². The molecule has 0 aliphatic carbocycles. The zero-order valence-electron chi connectivity index (χ0n) is 19.4. The lowest BCUT2D eigenvalue weighted by atomic mass is 9.91. The van der Waals surface area contributed by atoms with Crippen LogP contribution in [0, 0.1) is 0 Å². The number of esters is 1. The quantitative estimate of drug-likeness (QED) is 0.267. The van der Waals surface area contributed by atoms with Gasteiger partial charge in [0.25, 0.3) is 0 Å². The molecule has 2 unspecified atom stereocenters. The van der Waals surface area contributed by atoms with Crippen molar-refractivity contribution in [2.45, 2.75) is 69.6 Å². The second kappa shape index (κ2) is 13.8. The molecule has 1 amide bonds. The number of thiol groups is 1. The van der Waals surface area contributed by atoms with Crippen LogP contribution >= 0.6 is 24.4 Å². The summed E-state index contributed by atoms with van der Waals surface area (Å²) in [6.07, 6.45) is 6.35. The third kappa shape index (κ3) is 8.22. The van der Waals surface area contributed by atoms with Gasteiger partial charge in [0.2, 0.25) is 5.91 Å². The first-order chi connectivity index (χ1) is 14.2. The van der Waals surface area contributed by atoms with Gasteiger partial charge in [0.05, 0.1) is 13.2 Å². The maximum atomic E-state index is 13.0. The van der Waals surface area contributed by atoms with E-state index in [0.717, 1.165) is 51.1 Å². The van der Waals surface area contributed by atoms with Gasteiger partial charge in [-0.2, -0.15) is 24.4 Å². The van der Waals surface area contributed by atoms with Crippen molar-refractivity contribution >= 4 is 36.3 Å². The molecule has 0 bridgehead atoms. The molecule has 0 saturated carbocycles. The minimum atomic E-state index is -0.577. The third-order valence-corrected chi connectivity index (χ3v) is 7.56. The molecule has 176 valence electrons. The highest BCUT2D eigenvalue weighted by Crippen LogP contribution is 2.26. The second-order valence-electron chi connectivity index (χ2n) is 8.48. The number of likely N-dealkylation sites (N-methyl/N-ethyl adjacent to an activating group) is 1. The van der Waals surface area contributed by atoms with Crippen molar-refractivity contribution in [1.29, 1.82) is 0 Å². The Kier molecular flexibility index (Phi) is 12.7. The SMILES string of the molecule is CC[C@@](C)(CCN1CCCC1C(=O)NC(CCSC)C(=O)OC)N(C)C[C@H](N)CS. The van der Waals surface area contributed by atoms with E-state index in [9.17, 15) is 9.59 Å². The van der Waals surface area contributed by atoms with Crippen molar-refractivity contribution in [3.05, 3.63) is 0 Å². The molecular weight excluding hydrogens is 420 g/mol. The highest BCUT2D eigenvalue weighted by atomic mass is 32.2. The highest BCUT2D eigenvalue weighted by molar-refractivity contribution is 7.98. The van der Waals surface area contributed by atoms with E-state index in [0.29, 0.717) is 12.2 Å². The number of hydrogen-bond acceptors (Lipinski definition) is 8. The Morgan fingerprint density at radius 1 is 1.47 bits per heavy atom. The number of nitrogens with zero attached hydrogens (tertiary/aromatic N) is 2. The Morgan fingerprint density at radius 2 is 2.17 bits per heavy atom. The average molecular weight is 463 g/mol. The maximum Gasteiger partial charge on any atom is 0.328 e. The number of hydrogen-bond donors (Lipinski definition) is 3. The van der Waals surface area contributed by atoms with Crippen LogP contribution in [-0.2, 0) is 14.3 Å². The summed E-state index contributed by atoms with van der Waals surface area (Å²) < 4.78 is 4.88. The number of rotatable bonds is 14. The van der Waals surface area contributed by atoms with Gasteiger partial charge >= 0.3 is 5.97 Å². The summed E-state index contributed by atoms with van der Waals surface area (Å²) in [6, 6.07) is -0.712. The molecule has 3 N–H and O–H groups in total. The number of ether oxygens (including phenoxy) is 1. The van der Waals surface area contributed by atoms with Crippen molar-refractivity contribution in [3.63, 3.8) is 0 Å². The standard InChI is InChI=1S/C21H42N4O3S2/c1-6-21(2,24(3)14-16(22)15-29)10-12-25-11-7-8-18(25)19(26)23-17(9-13-30-5)20(27)28-4/h16-18,29H,6-15,22H2,1-5H3,(H,23,26)/t16-,17?,18?,21-/m0/s1. The van der Waals surface area contributed by atoms with Crippen molar-refractivity contribution in [1.82, 2.24) is 15.1 Å². The predicted molar refractivity (Wildman–Crippen MR) is 129 cm³/mol. The minimum Gasteiger partial charge on any atom is -0.467 e. The maximum absolute atomic E-state index is 13.0. The molecule has 1 fully saturated rings. The topological polar surface area (TPSA) is 87.9 Å². The zero-order chi connectivity index (χ0) is 22.7. The molecule has 4 atom stereocenters. The van der Waals surface area contributed by atoms with Gasteiger partial charge in [0, 0.05) is 30.4 Å². The molecule has 1 saturated heterocycles. The Labute approximate surface area is 192 Å². The minimum absolute atomic E-state index is 0.0110. The number of methoxy groups -OCH3 is 1. The van der Waals surface area contributed by atoms with Crippen LogP contribution in [-0.4, -0.2) is 96.9 Å². The number of thioether (sulfide) groups is 1. The third-order valence-electron chi connectivity index (χ3n) is 6.44. The summed E-state index contributed by atoms with van der Waals surface area (Å²) >= 11 is 5.96. The Hall–Kier alpha value is -0.480. The first-order valence-corrected chi connectivity index (χ1v) is 12.9. The zero-order valence-corrected chi connectivity index (χ0v) is 21.1. The molecule has 30 heavy (non-hydrogen) atoms. The molecule has 0 radical (unpaired) electrons. The van der Waals surface area contributed by atoms with Gasteiger partial charge < -0.3 is 15.8 Å². The van der Waals surface area contributed by atoms with Crippen LogP contribution in [0.4, 0.5) is 0 Å². The van der Waals surface area contributed by atoms with Crippen LogP contribution in [0.1, 0.15) is 46.0 Å². The van der Waals surface area contributed by atoms with E-state index in [-0.39, 0.29) is 29.5 Å². The van der Waals surface area contributed by atoms with Gasteiger partial charge in [0.1, 0.15) is 6.04 Å². The smallest absolute Gasteiger partial charge is 0.328 e. The van der Waals surface area contributed by atoms with E-state index in [1.54, 1.807) is 11.8 Å². The first-order valence-electron chi connectivity index (χ1n) is 10.9. The largest absolute Gasteiger partial charge is 0.467 e. The summed E-state index contributed by atoms with van der Waals surface area (Å²) in [5.41, 5.74) is 6.11. The Balaban J connectivity index is 2.71. The summed E-state index contributed by atoms with van der Waals surface area (Å²) in [5.74, 6) is 1.02. The number of nitrogens with one attached hydrogen (secondary N) is 1. The van der Waals surface area contributed by atoms with Crippen molar-refractivity contribution in [3.8, 4) is 0 Å². The molecule has 0 aromatic heterocycles. The molecule has 0 aromatic rings. The molecule has 1 aliphatic heterocycles. The molecule has 9 heteroatoms. The fraction of sp³-hybridized carbons (Fsp3) is 0.905. The van der Waals surface area contributed by atoms with Gasteiger partial charge in [-0.1, -0.05) is 6.92 Å². The lowest BCUT2D eigenvalue weighted by molar-refractivity contribution is -0.145. The normalized spacial score (nSPS) is 21.3. The molecule has 0 aromatic carbocycles. The number of amides is 1. The number of nitrogens with two attached hydrogens (primary N) is 1. The fourth-order valence-electron chi connectivity index (χ4n) is 3.94. The van der Waals surface area contributed by atoms with Crippen molar-refractivity contribution in [2.75, 3.05) is 51.6 Å². The molecule has 0 spiro atoms. The van der Waals surface area contributed by atoms with Crippen LogP contribution < -0.4 is 11.1 Å². The van der Waals surface area contributed by atoms with Gasteiger partial charge in [-0.05, 0) is 64.6 Å². The lowest BCUT2D eigenvalue weighted by Crippen LogP contribution is -2.53. The number of carbonyl (C=O) groups excluding carboxylic acids is 2. The van der Waals surface area contributed by atoms with Gasteiger partial charge in [-0.3, -0.25) is 14.6 Å². The Morgan fingerprint density at radius 3 is 2.73 bits per heavy atom. The summed E-state index contributed by atoms with van der Waals surface area (Å²) in [6.45, 7) is 7.01. The molecule has 1 aliphatic rings. The molecular formula is C21H42N4O3S2. The van der Waals surface area contributed by atoms with Crippen LogP contribution in [0.25, 0.3) is 0 Å². The monoisotopic (exact) mass is 462 g/mol. The lowest BCUT2D eigenvalue weighted by Gasteiger charge is -2.41.